The number of aliphatic hydroxyl groups excluding tert-OH is 1. The Labute approximate surface area is 103 Å². The summed E-state index contributed by atoms with van der Waals surface area (Å²) in [6, 6.07) is 4.74. The second kappa shape index (κ2) is 6.50. The van der Waals surface area contributed by atoms with Gasteiger partial charge in [-0.1, -0.05) is 33.1 Å². The van der Waals surface area contributed by atoms with Crippen LogP contribution in [0.15, 0.2) is 18.2 Å². The molecule has 0 amide bonds. The summed E-state index contributed by atoms with van der Waals surface area (Å²) < 4.78 is 0. The Balaban J connectivity index is 2.85. The molecule has 0 saturated heterocycles. The maximum atomic E-state index is 10.3. The highest BCUT2D eigenvalue weighted by molar-refractivity contribution is 5.51. The van der Waals surface area contributed by atoms with Crippen molar-refractivity contribution < 1.29 is 10.2 Å². The van der Waals surface area contributed by atoms with Gasteiger partial charge in [0.05, 0.1) is 6.10 Å². The normalized spacial score (nSPS) is 14.5. The molecule has 0 saturated carbocycles. The molecular formula is C14H23NO2. The average Bonchev–Trinajstić information content (AvgIpc) is 2.33. The summed E-state index contributed by atoms with van der Waals surface area (Å²) >= 11 is 0. The number of aliphatic hydroxyl groups is 1. The molecule has 17 heavy (non-hydrogen) atoms. The second-order valence-corrected chi connectivity index (χ2v) is 4.57. The minimum atomic E-state index is -0.585. The van der Waals surface area contributed by atoms with Crippen LogP contribution in [-0.4, -0.2) is 10.2 Å². The first-order valence-electron chi connectivity index (χ1n) is 6.36. The van der Waals surface area contributed by atoms with Crippen LogP contribution in [0.2, 0.25) is 0 Å². The van der Waals surface area contributed by atoms with E-state index in [1.54, 1.807) is 18.2 Å². The Morgan fingerprint density at radius 1 is 1.29 bits per heavy atom. The lowest BCUT2D eigenvalue weighted by atomic mass is 9.88. The largest absolute Gasteiger partial charge is 0.508 e. The number of hydrogen-bond donors (Lipinski definition) is 3. The topological polar surface area (TPSA) is 66.5 Å². The number of anilines is 1. The number of benzene rings is 1. The van der Waals surface area contributed by atoms with Crippen molar-refractivity contribution in [1.29, 1.82) is 0 Å². The van der Waals surface area contributed by atoms with Crippen molar-refractivity contribution in [2.45, 2.75) is 45.6 Å². The lowest BCUT2D eigenvalue weighted by molar-refractivity contribution is 0.0993. The van der Waals surface area contributed by atoms with Crippen molar-refractivity contribution >= 4 is 5.69 Å². The van der Waals surface area contributed by atoms with E-state index in [1.165, 1.54) is 0 Å². The third kappa shape index (κ3) is 3.63. The van der Waals surface area contributed by atoms with Crippen molar-refractivity contribution in [3.8, 4) is 5.75 Å². The smallest absolute Gasteiger partial charge is 0.116 e. The van der Waals surface area contributed by atoms with E-state index in [4.69, 9.17) is 5.73 Å². The van der Waals surface area contributed by atoms with E-state index in [2.05, 4.69) is 13.8 Å². The van der Waals surface area contributed by atoms with Crippen LogP contribution in [0.5, 0.6) is 5.75 Å². The van der Waals surface area contributed by atoms with Crippen LogP contribution in [0, 0.1) is 5.92 Å². The summed E-state index contributed by atoms with van der Waals surface area (Å²) in [5.41, 5.74) is 7.03. The average molecular weight is 237 g/mol. The van der Waals surface area contributed by atoms with Gasteiger partial charge in [0.2, 0.25) is 0 Å². The zero-order valence-corrected chi connectivity index (χ0v) is 10.7. The molecule has 0 bridgehead atoms. The highest BCUT2D eigenvalue weighted by Crippen LogP contribution is 2.33. The summed E-state index contributed by atoms with van der Waals surface area (Å²) in [6.45, 7) is 4.21. The predicted molar refractivity (Wildman–Crippen MR) is 70.8 cm³/mol. The fourth-order valence-corrected chi connectivity index (χ4v) is 2.12. The third-order valence-corrected chi connectivity index (χ3v) is 3.29. The Morgan fingerprint density at radius 3 is 2.59 bits per heavy atom. The van der Waals surface area contributed by atoms with Gasteiger partial charge in [0.25, 0.3) is 0 Å². The molecule has 0 heterocycles. The predicted octanol–water partition coefficient (Wildman–Crippen LogP) is 3.22. The van der Waals surface area contributed by atoms with E-state index in [0.717, 1.165) is 25.7 Å². The first-order chi connectivity index (χ1) is 8.10. The molecule has 96 valence electrons. The SMILES string of the molecule is CCCCC(CC)C(O)c1cc(O)ccc1N. The van der Waals surface area contributed by atoms with E-state index < -0.39 is 6.10 Å². The highest BCUT2D eigenvalue weighted by Gasteiger charge is 2.21. The third-order valence-electron chi connectivity index (χ3n) is 3.29. The van der Waals surface area contributed by atoms with Gasteiger partial charge in [-0.25, -0.2) is 0 Å². The number of rotatable bonds is 6. The molecule has 3 heteroatoms. The Morgan fingerprint density at radius 2 is 2.00 bits per heavy atom. The van der Waals surface area contributed by atoms with Gasteiger partial charge in [0.1, 0.15) is 5.75 Å². The maximum absolute atomic E-state index is 10.3. The number of phenolic OH excluding ortho intramolecular Hbond substituents is 1. The summed E-state index contributed by atoms with van der Waals surface area (Å²) in [5.74, 6) is 0.359. The van der Waals surface area contributed by atoms with E-state index in [9.17, 15) is 10.2 Å². The van der Waals surface area contributed by atoms with Crippen LogP contribution in [0.3, 0.4) is 0 Å². The number of hydrogen-bond acceptors (Lipinski definition) is 3. The molecule has 1 aromatic carbocycles. The van der Waals surface area contributed by atoms with Gasteiger partial charge in [0, 0.05) is 11.3 Å². The zero-order chi connectivity index (χ0) is 12.8. The molecule has 2 unspecified atom stereocenters. The van der Waals surface area contributed by atoms with Crippen LogP contribution in [-0.2, 0) is 0 Å². The molecule has 0 fully saturated rings. The number of nitrogen functional groups attached to an aromatic ring is 1. The van der Waals surface area contributed by atoms with Gasteiger partial charge < -0.3 is 15.9 Å². The van der Waals surface area contributed by atoms with Crippen molar-refractivity contribution in [2.24, 2.45) is 5.92 Å². The zero-order valence-electron chi connectivity index (χ0n) is 10.7. The molecule has 0 spiro atoms. The fraction of sp³-hybridized carbons (Fsp3) is 0.571. The summed E-state index contributed by atoms with van der Waals surface area (Å²) in [4.78, 5) is 0. The van der Waals surface area contributed by atoms with E-state index in [0.29, 0.717) is 11.3 Å². The van der Waals surface area contributed by atoms with Crippen molar-refractivity contribution in [3.05, 3.63) is 23.8 Å². The van der Waals surface area contributed by atoms with Gasteiger partial charge in [0.15, 0.2) is 0 Å². The van der Waals surface area contributed by atoms with Crippen molar-refractivity contribution in [3.63, 3.8) is 0 Å². The van der Waals surface area contributed by atoms with Crippen LogP contribution < -0.4 is 5.73 Å². The quantitative estimate of drug-likeness (QED) is 0.525. The standard InChI is InChI=1S/C14H23NO2/c1-3-5-6-10(4-2)14(17)12-9-11(16)7-8-13(12)15/h7-10,14,16-17H,3-6,15H2,1-2H3. The van der Waals surface area contributed by atoms with Crippen LogP contribution >= 0.6 is 0 Å². The summed E-state index contributed by atoms with van der Waals surface area (Å²) in [5, 5.41) is 19.8. The lowest BCUT2D eigenvalue weighted by Gasteiger charge is -2.23. The van der Waals surface area contributed by atoms with Gasteiger partial charge in [-0.15, -0.1) is 0 Å². The van der Waals surface area contributed by atoms with E-state index >= 15 is 0 Å². The molecule has 3 nitrogen and oxygen atoms in total. The van der Waals surface area contributed by atoms with Crippen molar-refractivity contribution in [2.75, 3.05) is 5.73 Å². The number of aromatic hydroxyl groups is 1. The number of nitrogens with two attached hydrogens (primary N) is 1. The Hall–Kier alpha value is -1.22. The Kier molecular flexibility index (Phi) is 5.29. The molecule has 0 aromatic heterocycles. The van der Waals surface area contributed by atoms with E-state index in [1.807, 2.05) is 0 Å². The monoisotopic (exact) mass is 237 g/mol. The fourth-order valence-electron chi connectivity index (χ4n) is 2.12. The van der Waals surface area contributed by atoms with E-state index in [-0.39, 0.29) is 11.7 Å². The molecule has 1 aromatic rings. The summed E-state index contributed by atoms with van der Waals surface area (Å²) in [6.07, 6.45) is 3.55. The molecule has 1 rings (SSSR count). The molecule has 0 aliphatic heterocycles. The van der Waals surface area contributed by atoms with Crippen LogP contribution in [0.25, 0.3) is 0 Å². The molecule has 2 atom stereocenters. The van der Waals surface area contributed by atoms with Gasteiger partial charge in [-0.3, -0.25) is 0 Å². The molecule has 4 N–H and O–H groups in total. The molecule has 0 radical (unpaired) electrons. The van der Waals surface area contributed by atoms with Crippen LogP contribution in [0.4, 0.5) is 5.69 Å². The molecule has 0 aliphatic carbocycles. The first kappa shape index (κ1) is 13.8. The van der Waals surface area contributed by atoms with Crippen molar-refractivity contribution in [1.82, 2.24) is 0 Å². The summed E-state index contributed by atoms with van der Waals surface area (Å²) in [7, 11) is 0. The highest BCUT2D eigenvalue weighted by atomic mass is 16.3. The minimum Gasteiger partial charge on any atom is -0.508 e. The Bertz CT molecular complexity index is 352. The first-order valence-corrected chi connectivity index (χ1v) is 6.36. The maximum Gasteiger partial charge on any atom is 0.116 e. The van der Waals surface area contributed by atoms with Gasteiger partial charge in [-0.2, -0.15) is 0 Å². The van der Waals surface area contributed by atoms with Crippen LogP contribution in [0.1, 0.15) is 51.2 Å². The van der Waals surface area contributed by atoms with Gasteiger partial charge >= 0.3 is 0 Å². The second-order valence-electron chi connectivity index (χ2n) is 4.57. The number of unbranched alkanes of at least 4 members (excludes halogenated alkanes) is 1. The lowest BCUT2D eigenvalue weighted by Crippen LogP contribution is -2.13. The number of phenols is 1. The molecule has 0 aliphatic rings. The minimum absolute atomic E-state index is 0.151. The van der Waals surface area contributed by atoms with Gasteiger partial charge in [-0.05, 0) is 30.5 Å². The molecular weight excluding hydrogens is 214 g/mol.